The summed E-state index contributed by atoms with van der Waals surface area (Å²) >= 11 is 3.56. The number of rotatable bonds is 4. The molecule has 2 aromatic carbocycles. The Morgan fingerprint density at radius 3 is 2.81 bits per heavy atom. The topological polar surface area (TPSA) is 51.7 Å². The molecule has 4 unspecified atom stereocenters. The maximum Gasteiger partial charge on any atom is 0.230 e. The van der Waals surface area contributed by atoms with E-state index in [0.29, 0.717) is 12.4 Å². The summed E-state index contributed by atoms with van der Waals surface area (Å²) in [6.45, 7) is 0.530. The maximum absolute atomic E-state index is 13.6. The molecule has 3 aliphatic rings. The van der Waals surface area contributed by atoms with Crippen molar-refractivity contribution < 1.29 is 14.3 Å². The zero-order valence-electron chi connectivity index (χ0n) is 17.0. The van der Waals surface area contributed by atoms with E-state index in [2.05, 4.69) is 46.3 Å². The van der Waals surface area contributed by atoms with Crippen LogP contribution in [0.25, 0.3) is 10.9 Å². The Hall–Kier alpha value is -2.70. The summed E-state index contributed by atoms with van der Waals surface area (Å²) in [7, 11) is 1.63. The van der Waals surface area contributed by atoms with Gasteiger partial charge in [0.1, 0.15) is 5.60 Å². The Kier molecular flexibility index (Phi) is 4.24. The molecule has 0 saturated carbocycles. The lowest BCUT2D eigenvalue weighted by atomic mass is 9.86. The number of pyridine rings is 1. The SMILES string of the molecule is COc1nc2ccc(Br)cc2cc1C(c1ccccc1)N1CC23C=CC(CC2C1=O)O3. The van der Waals surface area contributed by atoms with Crippen molar-refractivity contribution in [3.05, 3.63) is 82.3 Å². The van der Waals surface area contributed by atoms with Crippen LogP contribution < -0.4 is 4.74 Å². The molecule has 1 amide bonds. The molecule has 6 rings (SSSR count). The summed E-state index contributed by atoms with van der Waals surface area (Å²) in [6, 6.07) is 17.9. The molecule has 2 saturated heterocycles. The molecule has 0 aliphatic carbocycles. The average Bonchev–Trinajstić information content (AvgIpc) is 3.44. The number of ether oxygens (including phenoxy) is 2. The number of likely N-dealkylation sites (tertiary alicyclic amines) is 1. The van der Waals surface area contributed by atoms with Gasteiger partial charge in [0.15, 0.2) is 0 Å². The van der Waals surface area contributed by atoms with Crippen LogP contribution in [0.4, 0.5) is 0 Å². The van der Waals surface area contributed by atoms with E-state index in [1.54, 1.807) is 7.11 Å². The fourth-order valence-electron chi connectivity index (χ4n) is 5.33. The Labute approximate surface area is 188 Å². The van der Waals surface area contributed by atoms with Crippen molar-refractivity contribution in [3.8, 4) is 5.88 Å². The first-order valence-corrected chi connectivity index (χ1v) is 11.2. The highest BCUT2D eigenvalue weighted by atomic mass is 79.9. The summed E-state index contributed by atoms with van der Waals surface area (Å²) in [4.78, 5) is 20.3. The number of halogens is 1. The number of hydrogen-bond donors (Lipinski definition) is 0. The first-order chi connectivity index (χ1) is 15.1. The zero-order chi connectivity index (χ0) is 21.2. The fourth-order valence-corrected chi connectivity index (χ4v) is 5.71. The lowest BCUT2D eigenvalue weighted by Gasteiger charge is -2.31. The summed E-state index contributed by atoms with van der Waals surface area (Å²) in [5, 5.41) is 0.994. The number of carbonyl (C=O) groups is 1. The van der Waals surface area contributed by atoms with Crippen molar-refractivity contribution in [2.24, 2.45) is 5.92 Å². The van der Waals surface area contributed by atoms with Crippen molar-refractivity contribution in [2.45, 2.75) is 24.2 Å². The molecule has 1 aromatic heterocycles. The van der Waals surface area contributed by atoms with Gasteiger partial charge < -0.3 is 14.4 Å². The van der Waals surface area contributed by atoms with Gasteiger partial charge in [0.05, 0.1) is 37.2 Å². The van der Waals surface area contributed by atoms with Crippen LogP contribution in [0, 0.1) is 5.92 Å². The van der Waals surface area contributed by atoms with Crippen LogP contribution >= 0.6 is 15.9 Å². The molecular formula is C25H21BrN2O3. The highest BCUT2D eigenvalue weighted by Crippen LogP contribution is 2.51. The predicted octanol–water partition coefficient (Wildman–Crippen LogP) is 4.65. The number of methoxy groups -OCH3 is 1. The molecule has 2 fully saturated rings. The van der Waals surface area contributed by atoms with Crippen LogP contribution in [0.1, 0.15) is 23.6 Å². The second kappa shape index (κ2) is 6.90. The summed E-state index contributed by atoms with van der Waals surface area (Å²) in [6.07, 6.45) is 5.02. The standard InChI is InChI=1S/C25H21BrN2O3/c1-30-23-19(12-16-11-17(26)7-8-21(16)27-23)22(15-5-3-2-4-6-15)28-14-25-10-9-18(31-25)13-20(25)24(28)29/h2-12,18,20,22H,13-14H2,1H3. The van der Waals surface area contributed by atoms with Crippen molar-refractivity contribution in [1.29, 1.82) is 0 Å². The van der Waals surface area contributed by atoms with Crippen LogP contribution in [0.15, 0.2) is 71.2 Å². The summed E-state index contributed by atoms with van der Waals surface area (Å²) < 4.78 is 12.9. The van der Waals surface area contributed by atoms with Gasteiger partial charge in [-0.2, -0.15) is 0 Å². The minimum Gasteiger partial charge on any atom is -0.481 e. The summed E-state index contributed by atoms with van der Waals surface area (Å²) in [5.74, 6) is 0.547. The molecule has 31 heavy (non-hydrogen) atoms. The van der Waals surface area contributed by atoms with E-state index in [-0.39, 0.29) is 24.0 Å². The second-order valence-electron chi connectivity index (χ2n) is 8.46. The number of carbonyl (C=O) groups excluding carboxylic acids is 1. The third-order valence-corrected chi connectivity index (χ3v) is 7.20. The molecular weight excluding hydrogens is 456 g/mol. The first kappa shape index (κ1) is 19.0. The van der Waals surface area contributed by atoms with Gasteiger partial charge in [-0.3, -0.25) is 4.79 Å². The minimum atomic E-state index is -0.505. The number of hydrogen-bond acceptors (Lipinski definition) is 4. The third-order valence-electron chi connectivity index (χ3n) is 6.70. The molecule has 0 radical (unpaired) electrons. The normalized spacial score (nSPS) is 27.2. The van der Waals surface area contributed by atoms with Gasteiger partial charge in [0.2, 0.25) is 11.8 Å². The predicted molar refractivity (Wildman–Crippen MR) is 121 cm³/mol. The molecule has 6 heteroatoms. The highest BCUT2D eigenvalue weighted by Gasteiger charge is 2.61. The van der Waals surface area contributed by atoms with Gasteiger partial charge in [-0.25, -0.2) is 4.98 Å². The Morgan fingerprint density at radius 2 is 2.06 bits per heavy atom. The van der Waals surface area contributed by atoms with E-state index in [4.69, 9.17) is 14.5 Å². The molecule has 2 bridgehead atoms. The Bertz CT molecular complexity index is 1230. The van der Waals surface area contributed by atoms with E-state index in [1.807, 2.05) is 41.3 Å². The molecule has 1 spiro atoms. The van der Waals surface area contributed by atoms with E-state index < -0.39 is 5.60 Å². The molecule has 5 nitrogen and oxygen atoms in total. The fraction of sp³-hybridized carbons (Fsp3) is 0.280. The maximum atomic E-state index is 13.6. The van der Waals surface area contributed by atoms with Crippen LogP contribution in [-0.2, 0) is 9.53 Å². The summed E-state index contributed by atoms with van der Waals surface area (Å²) in [5.41, 5.74) is 2.25. The molecule has 4 heterocycles. The number of benzene rings is 2. The van der Waals surface area contributed by atoms with E-state index in [0.717, 1.165) is 32.9 Å². The molecule has 3 aliphatic heterocycles. The van der Waals surface area contributed by atoms with E-state index in [9.17, 15) is 4.79 Å². The van der Waals surface area contributed by atoms with Gasteiger partial charge in [-0.1, -0.05) is 58.4 Å². The van der Waals surface area contributed by atoms with Crippen LogP contribution in [0.5, 0.6) is 5.88 Å². The first-order valence-electron chi connectivity index (χ1n) is 10.4. The van der Waals surface area contributed by atoms with Crippen LogP contribution in [0.3, 0.4) is 0 Å². The number of fused-ring (bicyclic) bond motifs is 2. The second-order valence-corrected chi connectivity index (χ2v) is 9.38. The molecule has 0 N–H and O–H groups in total. The Balaban J connectivity index is 1.53. The molecule has 156 valence electrons. The number of nitrogens with zero attached hydrogens (tertiary/aromatic N) is 2. The van der Waals surface area contributed by atoms with Gasteiger partial charge in [0.25, 0.3) is 0 Å². The van der Waals surface area contributed by atoms with Crippen molar-refractivity contribution >= 4 is 32.7 Å². The smallest absolute Gasteiger partial charge is 0.230 e. The monoisotopic (exact) mass is 476 g/mol. The van der Waals surface area contributed by atoms with Crippen molar-refractivity contribution in [2.75, 3.05) is 13.7 Å². The van der Waals surface area contributed by atoms with Crippen molar-refractivity contribution in [1.82, 2.24) is 9.88 Å². The average molecular weight is 477 g/mol. The lowest BCUT2D eigenvalue weighted by molar-refractivity contribution is -0.132. The lowest BCUT2D eigenvalue weighted by Crippen LogP contribution is -2.35. The van der Waals surface area contributed by atoms with Gasteiger partial charge >= 0.3 is 0 Å². The largest absolute Gasteiger partial charge is 0.481 e. The van der Waals surface area contributed by atoms with E-state index >= 15 is 0 Å². The van der Waals surface area contributed by atoms with Crippen LogP contribution in [-0.4, -0.2) is 41.2 Å². The number of aromatic nitrogens is 1. The highest BCUT2D eigenvalue weighted by molar-refractivity contribution is 9.10. The van der Waals surface area contributed by atoms with Crippen molar-refractivity contribution in [3.63, 3.8) is 0 Å². The number of amides is 1. The Morgan fingerprint density at radius 1 is 1.23 bits per heavy atom. The zero-order valence-corrected chi connectivity index (χ0v) is 18.6. The third kappa shape index (κ3) is 2.85. The molecule has 3 aromatic rings. The molecule has 4 atom stereocenters. The van der Waals surface area contributed by atoms with Gasteiger partial charge in [-0.05, 0) is 36.2 Å². The minimum absolute atomic E-state index is 0.0699. The van der Waals surface area contributed by atoms with E-state index in [1.165, 1.54) is 0 Å². The van der Waals surface area contributed by atoms with Crippen LogP contribution in [0.2, 0.25) is 0 Å². The van der Waals surface area contributed by atoms with Gasteiger partial charge in [-0.15, -0.1) is 0 Å². The quantitative estimate of drug-likeness (QED) is 0.514. The van der Waals surface area contributed by atoms with Gasteiger partial charge in [0, 0.05) is 15.4 Å².